The van der Waals surface area contributed by atoms with Gasteiger partial charge < -0.3 is 5.11 Å². The second-order valence-electron chi connectivity index (χ2n) is 6.16. The van der Waals surface area contributed by atoms with E-state index < -0.39 is 11.0 Å². The van der Waals surface area contributed by atoms with Gasteiger partial charge in [0, 0.05) is 0 Å². The Morgan fingerprint density at radius 2 is 1.82 bits per heavy atom. The average molecular weight is 235 g/mol. The quantitative estimate of drug-likeness (QED) is 0.740. The lowest BCUT2D eigenvalue weighted by molar-refractivity contribution is -0.0604. The van der Waals surface area contributed by atoms with E-state index in [1.165, 1.54) is 12.8 Å². The molecule has 0 spiro atoms. The molecule has 0 radical (unpaired) electrons. The maximum atomic E-state index is 11.0. The monoisotopic (exact) mass is 235 g/mol. The fourth-order valence-corrected chi connectivity index (χ4v) is 3.92. The van der Waals surface area contributed by atoms with Crippen molar-refractivity contribution in [3.8, 4) is 6.07 Å². The van der Waals surface area contributed by atoms with E-state index in [1.54, 1.807) is 0 Å². The summed E-state index contributed by atoms with van der Waals surface area (Å²) in [6.07, 6.45) is 10.5. The Bertz CT molecular complexity index is 299. The Hall–Kier alpha value is -0.550. The van der Waals surface area contributed by atoms with Crippen molar-refractivity contribution in [1.29, 1.82) is 5.26 Å². The summed E-state index contributed by atoms with van der Waals surface area (Å²) in [6, 6.07) is 2.53. The highest BCUT2D eigenvalue weighted by atomic mass is 16.3. The summed E-state index contributed by atoms with van der Waals surface area (Å²) in [6.45, 7) is 2.20. The lowest BCUT2D eigenvalue weighted by Crippen LogP contribution is -2.45. The fraction of sp³-hybridized carbons (Fsp3) is 0.933. The lowest BCUT2D eigenvalue weighted by Gasteiger charge is -2.40. The van der Waals surface area contributed by atoms with E-state index in [1.807, 2.05) is 0 Å². The van der Waals surface area contributed by atoms with Crippen LogP contribution >= 0.6 is 0 Å². The Kier molecular flexibility index (Phi) is 3.78. The maximum absolute atomic E-state index is 11.0. The highest BCUT2D eigenvalue weighted by molar-refractivity contribution is 5.14. The highest BCUT2D eigenvalue weighted by Gasteiger charge is 2.53. The third kappa shape index (κ3) is 2.22. The Labute approximate surface area is 105 Å². The Balaban J connectivity index is 2.19. The minimum atomic E-state index is -0.688. The van der Waals surface area contributed by atoms with Crippen molar-refractivity contribution < 1.29 is 5.11 Å². The van der Waals surface area contributed by atoms with Gasteiger partial charge in [-0.3, -0.25) is 0 Å². The summed E-state index contributed by atoms with van der Waals surface area (Å²) in [4.78, 5) is 0. The third-order valence-corrected chi connectivity index (χ3v) is 5.23. The molecule has 0 bridgehead atoms. The predicted octanol–water partition coefficient (Wildman–Crippen LogP) is 3.79. The highest BCUT2D eigenvalue weighted by Crippen LogP contribution is 2.52. The van der Waals surface area contributed by atoms with Crippen LogP contribution in [0.3, 0.4) is 0 Å². The normalized spacial score (nSPS) is 37.4. The van der Waals surface area contributed by atoms with Gasteiger partial charge in [-0.25, -0.2) is 0 Å². The second kappa shape index (κ2) is 4.98. The molecule has 2 saturated carbocycles. The molecule has 0 aromatic heterocycles. The topological polar surface area (TPSA) is 44.0 Å². The Morgan fingerprint density at radius 1 is 1.18 bits per heavy atom. The zero-order valence-electron chi connectivity index (χ0n) is 11.0. The molecule has 0 aliphatic heterocycles. The molecule has 2 aliphatic carbocycles. The summed E-state index contributed by atoms with van der Waals surface area (Å²) in [7, 11) is 0. The van der Waals surface area contributed by atoms with Gasteiger partial charge in [-0.15, -0.1) is 0 Å². The van der Waals surface area contributed by atoms with Gasteiger partial charge in [0.15, 0.2) is 0 Å². The van der Waals surface area contributed by atoms with Crippen molar-refractivity contribution in [2.45, 2.75) is 76.7 Å². The molecule has 0 amide bonds. The summed E-state index contributed by atoms with van der Waals surface area (Å²) in [5.41, 5.74) is -1.12. The van der Waals surface area contributed by atoms with E-state index in [0.29, 0.717) is 5.92 Å². The minimum Gasteiger partial charge on any atom is -0.388 e. The first-order valence-electron chi connectivity index (χ1n) is 7.29. The number of hydrogen-bond acceptors (Lipinski definition) is 2. The molecule has 0 saturated heterocycles. The zero-order chi connectivity index (χ0) is 12.4. The maximum Gasteiger partial charge on any atom is 0.0860 e. The molecule has 17 heavy (non-hydrogen) atoms. The number of aliphatic hydroxyl groups is 1. The van der Waals surface area contributed by atoms with E-state index in [9.17, 15) is 10.4 Å². The SMILES string of the molecule is CCC1CCC(O)(C2(C#N)CCCCCC2)C1. The standard InChI is InChI=1S/C15H25NO/c1-2-13-7-10-15(17,11-13)14(12-16)8-5-3-4-6-9-14/h13,17H,2-11H2,1H3. The van der Waals surface area contributed by atoms with Crippen LogP contribution in [0.4, 0.5) is 0 Å². The Morgan fingerprint density at radius 3 is 2.29 bits per heavy atom. The molecule has 2 heteroatoms. The molecule has 2 nitrogen and oxygen atoms in total. The fourth-order valence-electron chi connectivity index (χ4n) is 3.92. The number of nitriles is 1. The van der Waals surface area contributed by atoms with Gasteiger partial charge >= 0.3 is 0 Å². The first-order valence-corrected chi connectivity index (χ1v) is 7.29. The van der Waals surface area contributed by atoms with Crippen LogP contribution in [0.25, 0.3) is 0 Å². The molecule has 0 heterocycles. The largest absolute Gasteiger partial charge is 0.388 e. The van der Waals surface area contributed by atoms with Crippen molar-refractivity contribution in [3.05, 3.63) is 0 Å². The van der Waals surface area contributed by atoms with Gasteiger partial charge in [-0.2, -0.15) is 5.26 Å². The van der Waals surface area contributed by atoms with Crippen molar-refractivity contribution >= 4 is 0 Å². The molecule has 96 valence electrons. The predicted molar refractivity (Wildman–Crippen MR) is 68.3 cm³/mol. The van der Waals surface area contributed by atoms with Crippen LogP contribution < -0.4 is 0 Å². The van der Waals surface area contributed by atoms with Gasteiger partial charge in [-0.1, -0.05) is 39.0 Å². The molecule has 0 aromatic rings. The van der Waals surface area contributed by atoms with Crippen LogP contribution in [-0.4, -0.2) is 10.7 Å². The second-order valence-corrected chi connectivity index (χ2v) is 6.16. The van der Waals surface area contributed by atoms with Crippen molar-refractivity contribution in [1.82, 2.24) is 0 Å². The van der Waals surface area contributed by atoms with Gasteiger partial charge in [0.25, 0.3) is 0 Å². The van der Waals surface area contributed by atoms with Crippen LogP contribution in [0.1, 0.15) is 71.1 Å². The van der Waals surface area contributed by atoms with Gasteiger partial charge in [0.05, 0.1) is 17.1 Å². The molecule has 2 unspecified atom stereocenters. The third-order valence-electron chi connectivity index (χ3n) is 5.23. The summed E-state index contributed by atoms with van der Waals surface area (Å²) >= 11 is 0. The molecular formula is C15H25NO. The first kappa shape index (κ1) is 12.9. The van der Waals surface area contributed by atoms with E-state index in [4.69, 9.17) is 0 Å². The molecule has 2 rings (SSSR count). The van der Waals surface area contributed by atoms with Gasteiger partial charge in [-0.05, 0) is 38.0 Å². The smallest absolute Gasteiger partial charge is 0.0860 e. The molecule has 1 N–H and O–H groups in total. The van der Waals surface area contributed by atoms with Gasteiger partial charge in [0.2, 0.25) is 0 Å². The number of rotatable bonds is 2. The van der Waals surface area contributed by atoms with E-state index in [0.717, 1.165) is 51.4 Å². The average Bonchev–Trinajstić information content (AvgIpc) is 2.60. The summed E-state index contributed by atoms with van der Waals surface area (Å²) < 4.78 is 0. The zero-order valence-corrected chi connectivity index (χ0v) is 11.0. The molecule has 0 aromatic carbocycles. The van der Waals surface area contributed by atoms with Crippen molar-refractivity contribution in [2.24, 2.45) is 11.3 Å². The number of nitrogens with zero attached hydrogens (tertiary/aromatic N) is 1. The van der Waals surface area contributed by atoms with Crippen LogP contribution in [0.15, 0.2) is 0 Å². The van der Waals surface area contributed by atoms with E-state index >= 15 is 0 Å². The van der Waals surface area contributed by atoms with Crippen LogP contribution in [0, 0.1) is 22.7 Å². The molecule has 2 atom stereocenters. The summed E-state index contributed by atoms with van der Waals surface area (Å²) in [5, 5.41) is 20.6. The molecular weight excluding hydrogens is 210 g/mol. The lowest BCUT2D eigenvalue weighted by atomic mass is 9.66. The van der Waals surface area contributed by atoms with Crippen LogP contribution in [0.5, 0.6) is 0 Å². The van der Waals surface area contributed by atoms with Crippen LogP contribution in [-0.2, 0) is 0 Å². The minimum absolute atomic E-state index is 0.437. The molecule has 2 aliphatic rings. The summed E-state index contributed by atoms with van der Waals surface area (Å²) in [5.74, 6) is 0.633. The molecule has 2 fully saturated rings. The van der Waals surface area contributed by atoms with E-state index in [2.05, 4.69) is 13.0 Å². The first-order chi connectivity index (χ1) is 8.16. The van der Waals surface area contributed by atoms with Crippen LogP contribution in [0.2, 0.25) is 0 Å². The van der Waals surface area contributed by atoms with Gasteiger partial charge in [0.1, 0.15) is 0 Å². The van der Waals surface area contributed by atoms with Crippen molar-refractivity contribution in [3.63, 3.8) is 0 Å². The number of hydrogen-bond donors (Lipinski definition) is 1. The van der Waals surface area contributed by atoms with E-state index in [-0.39, 0.29) is 0 Å². The van der Waals surface area contributed by atoms with Crippen molar-refractivity contribution in [2.75, 3.05) is 0 Å².